The molecule has 0 aromatic carbocycles. The number of ether oxygens (including phenoxy) is 1. The van der Waals surface area contributed by atoms with Crippen LogP contribution in [0.5, 0.6) is 0 Å². The molecule has 2 heterocycles. The first-order valence-corrected chi connectivity index (χ1v) is 7.14. The monoisotopic (exact) mass is 324 g/mol. The molecular formula is C8H13N4O8P. The summed E-state index contributed by atoms with van der Waals surface area (Å²) in [6.07, 6.45) is -4.27. The number of amides is 1. The number of nitrogens with two attached hydrogens (primary N) is 1. The third-order valence-corrected chi connectivity index (χ3v) is 3.22. The third-order valence-electron chi connectivity index (χ3n) is 2.73. The molecule has 1 fully saturated rings. The summed E-state index contributed by atoms with van der Waals surface area (Å²) in [6.45, 7) is -0.642. The van der Waals surface area contributed by atoms with Gasteiger partial charge < -0.3 is 30.5 Å². The molecule has 2 rings (SSSR count). The second-order valence-electron chi connectivity index (χ2n) is 4.25. The molecule has 0 unspecified atom stereocenters. The zero-order valence-electron chi connectivity index (χ0n) is 10.4. The maximum Gasteiger partial charge on any atom is 0.469 e. The van der Waals surface area contributed by atoms with Gasteiger partial charge in [-0.3, -0.25) is 9.32 Å². The van der Waals surface area contributed by atoms with E-state index < -0.39 is 44.9 Å². The highest BCUT2D eigenvalue weighted by molar-refractivity contribution is 7.46. The Bertz CT molecular complexity index is 572. The summed E-state index contributed by atoms with van der Waals surface area (Å²) < 4.78 is 21.0. The number of primary amides is 1. The van der Waals surface area contributed by atoms with Crippen LogP contribution in [0.25, 0.3) is 0 Å². The minimum absolute atomic E-state index is 0.310. The number of phosphoric ester groups is 1. The molecule has 1 saturated heterocycles. The number of hydrogen-bond acceptors (Lipinski definition) is 8. The summed E-state index contributed by atoms with van der Waals surface area (Å²) in [5, 5.41) is 23.2. The van der Waals surface area contributed by atoms with Crippen molar-refractivity contribution in [2.75, 3.05) is 6.61 Å². The van der Waals surface area contributed by atoms with E-state index in [9.17, 15) is 19.6 Å². The zero-order chi connectivity index (χ0) is 15.8. The standard InChI is InChI=1S/C8H13N4O8P/c9-6(15)7-10-2-12(11-7)8-5(14)4(13)3(20-8)1-19-21(16,17)18/h2-5,8,13-14H,1H2,(H2,9,15)(H2,16,17,18)/t3-,4-,5-,8-/m1/s1. The van der Waals surface area contributed by atoms with E-state index >= 15 is 0 Å². The fourth-order valence-electron chi connectivity index (χ4n) is 1.77. The lowest BCUT2D eigenvalue weighted by Crippen LogP contribution is -2.33. The number of aliphatic hydroxyl groups is 2. The van der Waals surface area contributed by atoms with Crippen molar-refractivity contribution in [1.82, 2.24) is 14.8 Å². The SMILES string of the molecule is NC(=O)c1ncn([C@@H]2O[C@H](COP(=O)(O)O)[C@@H](O)[C@H]2O)n1. The summed E-state index contributed by atoms with van der Waals surface area (Å²) in [7, 11) is -4.73. The molecule has 0 aliphatic carbocycles. The second-order valence-corrected chi connectivity index (χ2v) is 5.48. The topological polar surface area (TPSA) is 190 Å². The van der Waals surface area contributed by atoms with Crippen LogP contribution in [0.1, 0.15) is 16.8 Å². The van der Waals surface area contributed by atoms with Gasteiger partial charge in [0.2, 0.25) is 5.82 Å². The number of rotatable bonds is 5. The molecule has 118 valence electrons. The molecule has 0 saturated carbocycles. The lowest BCUT2D eigenvalue weighted by atomic mass is 10.1. The smallest absolute Gasteiger partial charge is 0.387 e. The summed E-state index contributed by atoms with van der Waals surface area (Å²) in [5.74, 6) is -1.20. The van der Waals surface area contributed by atoms with Crippen molar-refractivity contribution < 1.29 is 38.6 Å². The number of aliphatic hydroxyl groups excluding tert-OH is 2. The van der Waals surface area contributed by atoms with Gasteiger partial charge in [0, 0.05) is 0 Å². The summed E-state index contributed by atoms with van der Waals surface area (Å²) in [6, 6.07) is 0. The highest BCUT2D eigenvalue weighted by Crippen LogP contribution is 2.38. The van der Waals surface area contributed by atoms with Crippen LogP contribution in [0.2, 0.25) is 0 Å². The van der Waals surface area contributed by atoms with Crippen LogP contribution in [0.4, 0.5) is 0 Å². The minimum atomic E-state index is -4.73. The predicted octanol–water partition coefficient (Wildman–Crippen LogP) is -2.89. The number of hydrogen-bond donors (Lipinski definition) is 5. The van der Waals surface area contributed by atoms with Crippen LogP contribution < -0.4 is 5.73 Å². The fraction of sp³-hybridized carbons (Fsp3) is 0.625. The molecule has 0 radical (unpaired) electrons. The van der Waals surface area contributed by atoms with Gasteiger partial charge in [-0.1, -0.05) is 0 Å². The predicted molar refractivity (Wildman–Crippen MR) is 62.5 cm³/mol. The van der Waals surface area contributed by atoms with Crippen LogP contribution >= 0.6 is 7.82 Å². The van der Waals surface area contributed by atoms with Crippen molar-refractivity contribution in [2.24, 2.45) is 5.73 Å². The quantitative estimate of drug-likeness (QED) is 0.351. The van der Waals surface area contributed by atoms with Gasteiger partial charge in [0.05, 0.1) is 6.61 Å². The molecule has 1 aliphatic heterocycles. The zero-order valence-corrected chi connectivity index (χ0v) is 11.3. The molecule has 21 heavy (non-hydrogen) atoms. The maximum atomic E-state index is 10.9. The second kappa shape index (κ2) is 5.77. The van der Waals surface area contributed by atoms with E-state index in [2.05, 4.69) is 14.6 Å². The Hall–Kier alpha value is -1.40. The molecule has 1 amide bonds. The van der Waals surface area contributed by atoms with Crippen LogP contribution in [-0.2, 0) is 13.8 Å². The van der Waals surface area contributed by atoms with Gasteiger partial charge in [0.25, 0.3) is 5.91 Å². The molecule has 4 atom stereocenters. The molecule has 13 heteroatoms. The van der Waals surface area contributed by atoms with Crippen molar-refractivity contribution in [1.29, 1.82) is 0 Å². The minimum Gasteiger partial charge on any atom is -0.387 e. The summed E-state index contributed by atoms with van der Waals surface area (Å²) in [5.41, 5.74) is 4.97. The number of nitrogens with zero attached hydrogens (tertiary/aromatic N) is 3. The van der Waals surface area contributed by atoms with Crippen LogP contribution in [0.15, 0.2) is 6.33 Å². The Labute approximate surface area is 117 Å². The Kier molecular flexibility index (Phi) is 4.39. The van der Waals surface area contributed by atoms with E-state index in [1.54, 1.807) is 0 Å². The van der Waals surface area contributed by atoms with Gasteiger partial charge in [0.1, 0.15) is 24.6 Å². The van der Waals surface area contributed by atoms with Gasteiger partial charge >= 0.3 is 7.82 Å². The lowest BCUT2D eigenvalue weighted by Gasteiger charge is -2.14. The van der Waals surface area contributed by atoms with E-state index in [1.165, 1.54) is 0 Å². The van der Waals surface area contributed by atoms with E-state index in [0.717, 1.165) is 11.0 Å². The van der Waals surface area contributed by atoms with E-state index in [0.29, 0.717) is 0 Å². The molecule has 6 N–H and O–H groups in total. The van der Waals surface area contributed by atoms with Crippen molar-refractivity contribution >= 4 is 13.7 Å². The van der Waals surface area contributed by atoms with Gasteiger partial charge in [-0.15, -0.1) is 5.10 Å². The normalized spacial score (nSPS) is 29.7. The first kappa shape index (κ1) is 16.0. The average Bonchev–Trinajstić information content (AvgIpc) is 2.94. The molecule has 12 nitrogen and oxygen atoms in total. The summed E-state index contributed by atoms with van der Waals surface area (Å²) >= 11 is 0. The highest BCUT2D eigenvalue weighted by Gasteiger charge is 2.45. The number of carbonyl (C=O) groups is 1. The largest absolute Gasteiger partial charge is 0.469 e. The van der Waals surface area contributed by atoms with Gasteiger partial charge in [-0.25, -0.2) is 14.2 Å². The average molecular weight is 324 g/mol. The number of carbonyl (C=O) groups excluding carboxylic acids is 1. The van der Waals surface area contributed by atoms with Crippen LogP contribution in [0, 0.1) is 0 Å². The third kappa shape index (κ3) is 3.63. The van der Waals surface area contributed by atoms with Crippen molar-refractivity contribution in [2.45, 2.75) is 24.5 Å². The lowest BCUT2D eigenvalue weighted by molar-refractivity contribution is -0.0581. The Balaban J connectivity index is 2.08. The van der Waals surface area contributed by atoms with Crippen LogP contribution in [0.3, 0.4) is 0 Å². The van der Waals surface area contributed by atoms with E-state index in [-0.39, 0.29) is 5.82 Å². The number of aromatic nitrogens is 3. The maximum absolute atomic E-state index is 10.9. The first-order chi connectivity index (χ1) is 9.69. The molecule has 1 aromatic heterocycles. The van der Waals surface area contributed by atoms with Gasteiger partial charge in [0.15, 0.2) is 6.23 Å². The van der Waals surface area contributed by atoms with Crippen molar-refractivity contribution in [3.8, 4) is 0 Å². The first-order valence-electron chi connectivity index (χ1n) is 5.61. The fourth-order valence-corrected chi connectivity index (χ4v) is 2.11. The summed E-state index contributed by atoms with van der Waals surface area (Å²) in [4.78, 5) is 31.6. The molecule has 1 aliphatic rings. The van der Waals surface area contributed by atoms with E-state index in [4.69, 9.17) is 20.3 Å². The molecule has 0 spiro atoms. The van der Waals surface area contributed by atoms with Crippen molar-refractivity contribution in [3.05, 3.63) is 12.2 Å². The Morgan fingerprint density at radius 2 is 2.14 bits per heavy atom. The number of phosphoric acid groups is 1. The Morgan fingerprint density at radius 3 is 2.67 bits per heavy atom. The molecular weight excluding hydrogens is 311 g/mol. The van der Waals surface area contributed by atoms with Gasteiger partial charge in [-0.05, 0) is 0 Å². The highest BCUT2D eigenvalue weighted by atomic mass is 31.2. The van der Waals surface area contributed by atoms with Gasteiger partial charge in [-0.2, -0.15) is 0 Å². The van der Waals surface area contributed by atoms with Crippen molar-refractivity contribution in [3.63, 3.8) is 0 Å². The van der Waals surface area contributed by atoms with E-state index in [1.807, 2.05) is 0 Å². The van der Waals surface area contributed by atoms with Crippen LogP contribution in [-0.4, -0.2) is 65.6 Å². The molecule has 0 bridgehead atoms. The Morgan fingerprint density at radius 1 is 1.48 bits per heavy atom. The molecule has 1 aromatic rings.